The molecule has 0 unspecified atom stereocenters. The fourth-order valence-electron chi connectivity index (χ4n) is 2.69. The first kappa shape index (κ1) is 17.2. The largest absolute Gasteiger partial charge is 0.416 e. The Hall–Kier alpha value is -1.12. The van der Waals surface area contributed by atoms with E-state index < -0.39 is 27.7 Å². The summed E-state index contributed by atoms with van der Waals surface area (Å²) < 4.78 is 61.7. The molecule has 0 aromatic heterocycles. The van der Waals surface area contributed by atoms with Gasteiger partial charge in [-0.3, -0.25) is 4.90 Å². The lowest BCUT2D eigenvalue weighted by molar-refractivity contribution is -0.139. The number of hydrogen-bond acceptors (Lipinski definition) is 4. The predicted molar refractivity (Wildman–Crippen MR) is 76.1 cm³/mol. The van der Waals surface area contributed by atoms with E-state index in [4.69, 9.17) is 0 Å². The highest BCUT2D eigenvalue weighted by Crippen LogP contribution is 2.34. The highest BCUT2D eigenvalue weighted by Gasteiger charge is 2.36. The number of nitrogens with zero attached hydrogens (tertiary/aromatic N) is 1. The number of hydrogen-bond donors (Lipinski definition) is 1. The molecule has 1 N–H and O–H groups in total. The zero-order valence-electron chi connectivity index (χ0n) is 12.0. The smallest absolute Gasteiger partial charge is 0.387 e. The van der Waals surface area contributed by atoms with Crippen molar-refractivity contribution in [1.29, 1.82) is 0 Å². The van der Waals surface area contributed by atoms with Gasteiger partial charge in [-0.05, 0) is 25.1 Å². The van der Waals surface area contributed by atoms with Crippen molar-refractivity contribution in [2.45, 2.75) is 24.7 Å². The van der Waals surface area contributed by atoms with E-state index in [2.05, 4.69) is 0 Å². The summed E-state index contributed by atoms with van der Waals surface area (Å²) in [5, 5.41) is 10.1. The van der Waals surface area contributed by atoms with E-state index in [1.807, 2.05) is 0 Å². The Bertz CT molecular complexity index is 630. The molecule has 0 radical (unpaired) electrons. The Labute approximate surface area is 127 Å². The van der Waals surface area contributed by atoms with Crippen molar-refractivity contribution in [3.63, 3.8) is 0 Å². The second-order valence-corrected chi connectivity index (χ2v) is 7.83. The number of likely N-dealkylation sites (N-methyl/N-ethyl adjacent to an activating group) is 1. The molecule has 1 aromatic rings. The molecule has 124 valence electrons. The van der Waals surface area contributed by atoms with Gasteiger partial charge in [0.05, 0.1) is 23.2 Å². The van der Waals surface area contributed by atoms with Gasteiger partial charge < -0.3 is 5.11 Å². The van der Waals surface area contributed by atoms with E-state index in [1.54, 1.807) is 11.9 Å². The van der Waals surface area contributed by atoms with Crippen LogP contribution in [0.3, 0.4) is 0 Å². The summed E-state index contributed by atoms with van der Waals surface area (Å²) in [6.07, 6.45) is -5.43. The van der Waals surface area contributed by atoms with Gasteiger partial charge in [0.25, 0.3) is 0 Å². The summed E-state index contributed by atoms with van der Waals surface area (Å²) in [6, 6.07) is 4.61. The van der Waals surface area contributed by atoms with Gasteiger partial charge in [0.15, 0.2) is 9.84 Å². The van der Waals surface area contributed by atoms with Crippen LogP contribution in [0.5, 0.6) is 0 Å². The Morgan fingerprint density at radius 3 is 2.55 bits per heavy atom. The number of halogens is 3. The molecular formula is C14H18F3NO3S. The Morgan fingerprint density at radius 1 is 1.36 bits per heavy atom. The molecule has 2 atom stereocenters. The lowest BCUT2D eigenvalue weighted by Crippen LogP contribution is -2.36. The molecule has 1 aliphatic heterocycles. The van der Waals surface area contributed by atoms with Crippen LogP contribution in [0.25, 0.3) is 0 Å². The maximum atomic E-state index is 12.9. The summed E-state index contributed by atoms with van der Waals surface area (Å²) in [5.74, 6) is 0.0639. The predicted octanol–water partition coefficient (Wildman–Crippen LogP) is 1.86. The van der Waals surface area contributed by atoms with Crippen LogP contribution >= 0.6 is 0 Å². The molecule has 0 aliphatic carbocycles. The van der Waals surface area contributed by atoms with E-state index >= 15 is 0 Å². The normalized spacial score (nSPS) is 22.9. The number of aliphatic hydroxyl groups excluding tert-OH is 1. The minimum absolute atomic E-state index is 0.0167. The highest BCUT2D eigenvalue weighted by atomic mass is 32.2. The van der Waals surface area contributed by atoms with Gasteiger partial charge in [-0.25, -0.2) is 8.42 Å². The average molecular weight is 337 g/mol. The Morgan fingerprint density at radius 2 is 2.00 bits per heavy atom. The second kappa shape index (κ2) is 6.17. The van der Waals surface area contributed by atoms with E-state index in [0.717, 1.165) is 6.07 Å². The summed E-state index contributed by atoms with van der Waals surface area (Å²) in [7, 11) is -1.46. The number of benzene rings is 1. The first-order valence-electron chi connectivity index (χ1n) is 6.85. The van der Waals surface area contributed by atoms with Crippen LogP contribution in [-0.2, 0) is 16.0 Å². The van der Waals surface area contributed by atoms with Crippen molar-refractivity contribution in [1.82, 2.24) is 4.90 Å². The van der Waals surface area contributed by atoms with Crippen LogP contribution < -0.4 is 0 Å². The third kappa shape index (κ3) is 3.99. The van der Waals surface area contributed by atoms with Crippen LogP contribution in [0.4, 0.5) is 13.2 Å². The van der Waals surface area contributed by atoms with Gasteiger partial charge in [0.2, 0.25) is 0 Å². The molecule has 4 nitrogen and oxygen atoms in total. The number of alkyl halides is 3. The first-order chi connectivity index (χ1) is 10.1. The molecular weight excluding hydrogens is 319 g/mol. The van der Waals surface area contributed by atoms with Crippen molar-refractivity contribution < 1.29 is 26.7 Å². The molecule has 1 heterocycles. The van der Waals surface area contributed by atoms with Crippen molar-refractivity contribution in [3.05, 3.63) is 35.4 Å². The van der Waals surface area contributed by atoms with Gasteiger partial charge >= 0.3 is 6.18 Å². The molecule has 1 fully saturated rings. The number of aliphatic hydroxyl groups is 1. The number of rotatable bonds is 4. The molecule has 1 aliphatic rings. The van der Waals surface area contributed by atoms with E-state index in [0.29, 0.717) is 6.42 Å². The summed E-state index contributed by atoms with van der Waals surface area (Å²) in [5.41, 5.74) is -1.06. The average Bonchev–Trinajstić information content (AvgIpc) is 2.78. The van der Waals surface area contributed by atoms with Gasteiger partial charge in [-0.1, -0.05) is 18.2 Å². The SMILES string of the molecule is CN(C[C@H](O)c1ccccc1C(F)(F)F)[C@@H]1CCS(=O)(=O)C1. The molecule has 8 heteroatoms. The zero-order valence-corrected chi connectivity index (χ0v) is 12.9. The maximum Gasteiger partial charge on any atom is 0.416 e. The van der Waals surface area contributed by atoms with Crippen molar-refractivity contribution >= 4 is 9.84 Å². The Balaban J connectivity index is 2.11. The fraction of sp³-hybridized carbons (Fsp3) is 0.571. The molecule has 1 saturated heterocycles. The second-order valence-electron chi connectivity index (χ2n) is 5.60. The topological polar surface area (TPSA) is 57.6 Å². The molecule has 0 saturated carbocycles. The van der Waals surface area contributed by atoms with Crippen molar-refractivity contribution in [3.8, 4) is 0 Å². The monoisotopic (exact) mass is 337 g/mol. The third-order valence-corrected chi connectivity index (χ3v) is 5.67. The Kier molecular flexibility index (Phi) is 4.84. The van der Waals surface area contributed by atoms with Gasteiger partial charge in [-0.15, -0.1) is 0 Å². The van der Waals surface area contributed by atoms with Crippen LogP contribution in [0, 0.1) is 0 Å². The lowest BCUT2D eigenvalue weighted by atomic mass is 10.0. The van der Waals surface area contributed by atoms with Gasteiger partial charge in [-0.2, -0.15) is 13.2 Å². The molecule has 0 bridgehead atoms. The molecule has 0 spiro atoms. The molecule has 2 rings (SSSR count). The third-order valence-electron chi connectivity index (χ3n) is 3.92. The van der Waals surface area contributed by atoms with Crippen LogP contribution in [0.15, 0.2) is 24.3 Å². The standard InChI is InChI=1S/C14H18F3NO3S/c1-18(10-6-7-22(20,21)9-10)8-13(19)11-4-2-3-5-12(11)14(15,16)17/h2-5,10,13,19H,6-9H2,1H3/t10-,13+/m1/s1. The van der Waals surface area contributed by atoms with E-state index in [1.165, 1.54) is 18.2 Å². The fourth-order valence-corrected chi connectivity index (χ4v) is 4.49. The zero-order chi connectivity index (χ0) is 16.5. The quantitative estimate of drug-likeness (QED) is 0.911. The summed E-state index contributed by atoms with van der Waals surface area (Å²) in [4.78, 5) is 1.61. The maximum absolute atomic E-state index is 12.9. The minimum Gasteiger partial charge on any atom is -0.387 e. The summed E-state index contributed by atoms with van der Waals surface area (Å²) >= 11 is 0. The minimum atomic E-state index is -4.53. The highest BCUT2D eigenvalue weighted by molar-refractivity contribution is 7.91. The van der Waals surface area contributed by atoms with Crippen molar-refractivity contribution in [2.75, 3.05) is 25.1 Å². The molecule has 22 heavy (non-hydrogen) atoms. The first-order valence-corrected chi connectivity index (χ1v) is 8.67. The van der Waals surface area contributed by atoms with Crippen LogP contribution in [0.2, 0.25) is 0 Å². The number of sulfone groups is 1. The van der Waals surface area contributed by atoms with Gasteiger partial charge in [0.1, 0.15) is 0 Å². The molecule has 0 amide bonds. The summed E-state index contributed by atoms with van der Waals surface area (Å²) in [6.45, 7) is -0.0483. The van der Waals surface area contributed by atoms with Crippen LogP contribution in [0.1, 0.15) is 23.7 Å². The van der Waals surface area contributed by atoms with Gasteiger partial charge in [0, 0.05) is 12.6 Å². The molecule has 1 aromatic carbocycles. The van der Waals surface area contributed by atoms with Crippen molar-refractivity contribution in [2.24, 2.45) is 0 Å². The van der Waals surface area contributed by atoms with Crippen LogP contribution in [-0.4, -0.2) is 49.6 Å². The van der Waals surface area contributed by atoms with E-state index in [9.17, 15) is 26.7 Å². The van der Waals surface area contributed by atoms with E-state index in [-0.39, 0.29) is 29.7 Å². The lowest BCUT2D eigenvalue weighted by Gasteiger charge is -2.27.